The molecule has 126 valence electrons. The number of aromatic nitrogens is 4. The van der Waals surface area contributed by atoms with E-state index in [1.807, 2.05) is 20.0 Å². The molecular formula is C18H23N5O. The number of aryl methyl sites for hydroxylation is 2. The number of nitrogens with one attached hydrogen (secondary N) is 1. The zero-order valence-electron chi connectivity index (χ0n) is 14.2. The van der Waals surface area contributed by atoms with Crippen LogP contribution in [0, 0.1) is 19.8 Å². The van der Waals surface area contributed by atoms with Gasteiger partial charge in [0, 0.05) is 49.1 Å². The number of hydrogen-bond donors (Lipinski definition) is 1. The van der Waals surface area contributed by atoms with Crippen molar-refractivity contribution in [3.05, 3.63) is 51.5 Å². The van der Waals surface area contributed by atoms with Gasteiger partial charge in [0.2, 0.25) is 0 Å². The Kier molecular flexibility index (Phi) is 3.64. The van der Waals surface area contributed by atoms with Crippen molar-refractivity contribution in [2.45, 2.75) is 39.2 Å². The van der Waals surface area contributed by atoms with Gasteiger partial charge in [0.25, 0.3) is 5.56 Å². The molecule has 6 nitrogen and oxygen atoms in total. The maximum Gasteiger partial charge on any atom is 0.254 e. The van der Waals surface area contributed by atoms with Gasteiger partial charge in [0.15, 0.2) is 0 Å². The quantitative estimate of drug-likeness (QED) is 0.935. The number of hydrogen-bond acceptors (Lipinski definition) is 4. The van der Waals surface area contributed by atoms with Crippen molar-refractivity contribution in [2.24, 2.45) is 5.92 Å². The maximum atomic E-state index is 12.2. The highest BCUT2D eigenvalue weighted by Gasteiger charge is 2.39. The van der Waals surface area contributed by atoms with E-state index in [1.54, 1.807) is 10.9 Å². The number of nitrogens with zero attached hydrogens (tertiary/aromatic N) is 4. The molecule has 0 saturated carbocycles. The Labute approximate surface area is 141 Å². The van der Waals surface area contributed by atoms with Gasteiger partial charge in [-0.25, -0.2) is 9.67 Å². The zero-order chi connectivity index (χ0) is 16.8. The summed E-state index contributed by atoms with van der Waals surface area (Å²) in [4.78, 5) is 22.2. The molecule has 1 fully saturated rings. The summed E-state index contributed by atoms with van der Waals surface area (Å²) in [6.07, 6.45) is 5.69. The first-order valence-electron chi connectivity index (χ1n) is 8.54. The van der Waals surface area contributed by atoms with Crippen LogP contribution in [0.2, 0.25) is 0 Å². The number of aromatic amines is 1. The van der Waals surface area contributed by atoms with Crippen LogP contribution < -0.4 is 5.56 Å². The van der Waals surface area contributed by atoms with Gasteiger partial charge in [-0.3, -0.25) is 9.69 Å². The lowest BCUT2D eigenvalue weighted by Crippen LogP contribution is -2.28. The van der Waals surface area contributed by atoms with Crippen LogP contribution in [0.4, 0.5) is 0 Å². The summed E-state index contributed by atoms with van der Waals surface area (Å²) in [6, 6.07) is 0. The Bertz CT molecular complexity index is 850. The van der Waals surface area contributed by atoms with Gasteiger partial charge in [0.1, 0.15) is 5.82 Å². The predicted molar refractivity (Wildman–Crippen MR) is 92.8 cm³/mol. The summed E-state index contributed by atoms with van der Waals surface area (Å²) < 4.78 is 1.77. The molecule has 2 aliphatic rings. The van der Waals surface area contributed by atoms with Crippen molar-refractivity contribution in [2.75, 3.05) is 13.1 Å². The molecule has 6 heteroatoms. The largest absolute Gasteiger partial charge is 0.311 e. The molecule has 0 aromatic carbocycles. The van der Waals surface area contributed by atoms with Crippen molar-refractivity contribution in [1.82, 2.24) is 24.6 Å². The average Bonchev–Trinajstić information content (AvgIpc) is 3.11. The van der Waals surface area contributed by atoms with E-state index in [0.717, 1.165) is 55.3 Å². The fraction of sp³-hybridized carbons (Fsp3) is 0.500. The molecule has 3 heterocycles. The van der Waals surface area contributed by atoms with E-state index in [9.17, 15) is 4.79 Å². The van der Waals surface area contributed by atoms with Crippen LogP contribution in [0.15, 0.2) is 17.6 Å². The monoisotopic (exact) mass is 325 g/mol. The minimum Gasteiger partial charge on any atom is -0.311 e. The Morgan fingerprint density at radius 1 is 1.42 bits per heavy atom. The van der Waals surface area contributed by atoms with Gasteiger partial charge in [-0.15, -0.1) is 0 Å². The standard InChI is InChI=1S/C18H23N5O/c1-4-23-9-14(11(2)21-23)8-22-7-13-5-6-15-17(16(13)10-22)19-12(3)20-18(15)24/h4,9,13,16H,1,5-8,10H2,2-3H3,(H,19,20,24)/t13-,16+/m1/s1. The summed E-state index contributed by atoms with van der Waals surface area (Å²) in [6.45, 7) is 10.6. The molecule has 1 aliphatic heterocycles. The third-order valence-corrected chi connectivity index (χ3v) is 5.40. The van der Waals surface area contributed by atoms with E-state index in [2.05, 4.69) is 26.5 Å². The van der Waals surface area contributed by atoms with Gasteiger partial charge in [-0.05, 0) is 32.6 Å². The molecule has 0 unspecified atom stereocenters. The van der Waals surface area contributed by atoms with Gasteiger partial charge in [0.05, 0.1) is 11.4 Å². The van der Waals surface area contributed by atoms with E-state index in [-0.39, 0.29) is 5.56 Å². The van der Waals surface area contributed by atoms with Gasteiger partial charge in [-0.1, -0.05) is 6.58 Å². The highest BCUT2D eigenvalue weighted by atomic mass is 16.1. The second-order valence-corrected chi connectivity index (χ2v) is 7.02. The molecule has 1 aliphatic carbocycles. The van der Waals surface area contributed by atoms with Crippen molar-refractivity contribution < 1.29 is 0 Å². The van der Waals surface area contributed by atoms with Crippen LogP contribution in [-0.4, -0.2) is 37.7 Å². The summed E-state index contributed by atoms with van der Waals surface area (Å²) in [5.41, 5.74) is 4.28. The molecule has 24 heavy (non-hydrogen) atoms. The minimum absolute atomic E-state index is 0.0532. The topological polar surface area (TPSA) is 66.8 Å². The first kappa shape index (κ1) is 15.3. The average molecular weight is 325 g/mol. The number of rotatable bonds is 3. The Hall–Kier alpha value is -2.21. The van der Waals surface area contributed by atoms with Crippen LogP contribution >= 0.6 is 0 Å². The summed E-state index contributed by atoms with van der Waals surface area (Å²) in [5, 5.41) is 4.44. The fourth-order valence-corrected chi connectivity index (χ4v) is 4.21. The molecule has 4 rings (SSSR count). The van der Waals surface area contributed by atoms with Crippen LogP contribution in [-0.2, 0) is 13.0 Å². The van der Waals surface area contributed by atoms with E-state index >= 15 is 0 Å². The molecule has 0 amide bonds. The van der Waals surface area contributed by atoms with Gasteiger partial charge < -0.3 is 4.98 Å². The number of likely N-dealkylation sites (tertiary alicyclic amines) is 1. The lowest BCUT2D eigenvalue weighted by molar-refractivity contribution is 0.313. The fourth-order valence-electron chi connectivity index (χ4n) is 4.21. The Balaban J connectivity index is 1.58. The molecule has 1 N–H and O–H groups in total. The second-order valence-electron chi connectivity index (χ2n) is 7.02. The normalized spacial score (nSPS) is 23.1. The molecule has 0 radical (unpaired) electrons. The summed E-state index contributed by atoms with van der Waals surface area (Å²) in [7, 11) is 0. The first-order valence-corrected chi connectivity index (χ1v) is 8.54. The highest BCUT2D eigenvalue weighted by Crippen LogP contribution is 2.39. The van der Waals surface area contributed by atoms with Crippen molar-refractivity contribution in [3.63, 3.8) is 0 Å². The third kappa shape index (κ3) is 2.51. The lowest BCUT2D eigenvalue weighted by atomic mass is 9.80. The molecule has 2 aromatic heterocycles. The SMILES string of the molecule is C=Cn1cc(CN2C[C@H]3CCc4c(nc(C)[nH]c4=O)[C@H]3C2)c(C)n1. The van der Waals surface area contributed by atoms with Crippen LogP contribution in [0.1, 0.15) is 40.7 Å². The van der Waals surface area contributed by atoms with Crippen LogP contribution in [0.25, 0.3) is 6.20 Å². The van der Waals surface area contributed by atoms with Gasteiger partial charge in [-0.2, -0.15) is 5.10 Å². The van der Waals surface area contributed by atoms with E-state index in [1.165, 1.54) is 5.56 Å². The van der Waals surface area contributed by atoms with Crippen molar-refractivity contribution >= 4 is 6.20 Å². The van der Waals surface area contributed by atoms with E-state index in [0.29, 0.717) is 11.8 Å². The molecule has 2 atom stereocenters. The van der Waals surface area contributed by atoms with Crippen molar-refractivity contribution in [3.8, 4) is 0 Å². The summed E-state index contributed by atoms with van der Waals surface area (Å²) in [5.74, 6) is 1.70. The maximum absolute atomic E-state index is 12.2. The second kappa shape index (κ2) is 5.70. The molecule has 0 spiro atoms. The predicted octanol–water partition coefficient (Wildman–Crippen LogP) is 1.85. The summed E-state index contributed by atoms with van der Waals surface area (Å²) >= 11 is 0. The van der Waals surface area contributed by atoms with Crippen molar-refractivity contribution in [1.29, 1.82) is 0 Å². The lowest BCUT2D eigenvalue weighted by Gasteiger charge is -2.25. The van der Waals surface area contributed by atoms with Crippen LogP contribution in [0.5, 0.6) is 0 Å². The highest BCUT2D eigenvalue weighted by molar-refractivity contribution is 5.28. The first-order chi connectivity index (χ1) is 11.5. The van der Waals surface area contributed by atoms with Crippen LogP contribution in [0.3, 0.4) is 0 Å². The minimum atomic E-state index is 0.0532. The zero-order valence-corrected chi connectivity index (χ0v) is 14.2. The molecular weight excluding hydrogens is 302 g/mol. The van der Waals surface area contributed by atoms with E-state index < -0.39 is 0 Å². The number of H-pyrrole nitrogens is 1. The molecule has 0 bridgehead atoms. The number of fused-ring (bicyclic) bond motifs is 3. The molecule has 2 aromatic rings. The smallest absolute Gasteiger partial charge is 0.254 e. The Morgan fingerprint density at radius 2 is 2.25 bits per heavy atom. The Morgan fingerprint density at radius 3 is 3.00 bits per heavy atom. The molecule has 1 saturated heterocycles. The third-order valence-electron chi connectivity index (χ3n) is 5.40. The van der Waals surface area contributed by atoms with E-state index in [4.69, 9.17) is 0 Å². The van der Waals surface area contributed by atoms with Gasteiger partial charge >= 0.3 is 0 Å².